The van der Waals surface area contributed by atoms with Gasteiger partial charge in [-0.25, -0.2) is 0 Å². The van der Waals surface area contributed by atoms with Gasteiger partial charge in [-0.05, 0) is 117 Å². The highest BCUT2D eigenvalue weighted by molar-refractivity contribution is 5.94. The zero-order valence-corrected chi connectivity index (χ0v) is 30.0. The van der Waals surface area contributed by atoms with E-state index in [0.717, 1.165) is 19.3 Å². The summed E-state index contributed by atoms with van der Waals surface area (Å²) in [5.74, 6) is 0. The van der Waals surface area contributed by atoms with E-state index in [4.69, 9.17) is 0 Å². The molecule has 256 valence electrons. The summed E-state index contributed by atoms with van der Waals surface area (Å²) in [5.41, 5.74) is 16.8. The Bertz CT molecular complexity index is 2870. The molecule has 7 aromatic carbocycles. The van der Waals surface area contributed by atoms with Gasteiger partial charge in [0.1, 0.15) is 0 Å². The number of nitrogens with zero attached hydrogens (tertiary/aromatic N) is 2. The van der Waals surface area contributed by atoms with Crippen LogP contribution in [0.1, 0.15) is 29.7 Å². The molecule has 2 aliphatic carbocycles. The molecule has 0 radical (unpaired) electrons. The first-order chi connectivity index (χ1) is 26.8. The Kier molecular flexibility index (Phi) is 7.16. The number of hydrogen-bond acceptors (Lipinski definition) is 1. The fraction of sp³-hybridized carbons (Fsp3) is 0.0769. The second-order valence-corrected chi connectivity index (χ2v) is 14.8. The van der Waals surface area contributed by atoms with Gasteiger partial charge in [-0.3, -0.25) is 0 Å². The van der Waals surface area contributed by atoms with E-state index >= 15 is 0 Å². The smallest absolute Gasteiger partial charge is 0.0640 e. The van der Waals surface area contributed by atoms with Gasteiger partial charge >= 0.3 is 0 Å². The average molecular weight is 691 g/mol. The molecule has 1 aromatic heterocycles. The van der Waals surface area contributed by atoms with E-state index in [1.807, 2.05) is 0 Å². The van der Waals surface area contributed by atoms with Crippen LogP contribution < -0.4 is 15.5 Å². The average Bonchev–Trinajstić information content (AvgIpc) is 3.77. The van der Waals surface area contributed by atoms with E-state index in [1.165, 1.54) is 94.2 Å². The number of rotatable bonds is 5. The van der Waals surface area contributed by atoms with Crippen molar-refractivity contribution in [3.05, 3.63) is 203 Å². The Morgan fingerprint density at radius 3 is 1.85 bits per heavy atom. The molecule has 1 aliphatic heterocycles. The molecule has 11 rings (SSSR count). The molecular formula is C52H38N2. The predicted octanol–water partition coefficient (Wildman–Crippen LogP) is 11.5. The van der Waals surface area contributed by atoms with E-state index in [0.29, 0.717) is 0 Å². The maximum absolute atomic E-state index is 2.59. The van der Waals surface area contributed by atoms with Crippen molar-refractivity contribution in [2.75, 3.05) is 4.90 Å². The van der Waals surface area contributed by atoms with Gasteiger partial charge in [0.15, 0.2) is 0 Å². The van der Waals surface area contributed by atoms with Crippen LogP contribution >= 0.6 is 0 Å². The minimum Gasteiger partial charge on any atom is -0.333 e. The molecule has 1 atom stereocenters. The van der Waals surface area contributed by atoms with E-state index in [1.54, 1.807) is 0 Å². The number of hydrogen-bond donors (Lipinski definition) is 0. The lowest BCUT2D eigenvalue weighted by atomic mass is 9.90. The van der Waals surface area contributed by atoms with Crippen molar-refractivity contribution in [1.82, 2.24) is 4.57 Å². The van der Waals surface area contributed by atoms with E-state index in [-0.39, 0.29) is 6.04 Å². The molecule has 0 spiro atoms. The van der Waals surface area contributed by atoms with Crippen LogP contribution in [-0.2, 0) is 6.42 Å². The number of anilines is 2. The molecule has 0 fully saturated rings. The quantitative estimate of drug-likeness (QED) is 0.175. The van der Waals surface area contributed by atoms with Gasteiger partial charge in [0, 0.05) is 33.5 Å². The highest BCUT2D eigenvalue weighted by atomic mass is 15.2. The van der Waals surface area contributed by atoms with Crippen molar-refractivity contribution in [1.29, 1.82) is 0 Å². The lowest BCUT2D eigenvalue weighted by Gasteiger charge is -2.29. The number of allylic oxidation sites excluding steroid dienone is 1. The number of benzene rings is 7. The summed E-state index contributed by atoms with van der Waals surface area (Å²) < 4.78 is 2.52. The van der Waals surface area contributed by atoms with Gasteiger partial charge in [0.2, 0.25) is 0 Å². The van der Waals surface area contributed by atoms with E-state index in [9.17, 15) is 0 Å². The van der Waals surface area contributed by atoms with Crippen LogP contribution in [0.3, 0.4) is 0 Å². The van der Waals surface area contributed by atoms with Crippen molar-refractivity contribution >= 4 is 39.9 Å². The van der Waals surface area contributed by atoms with Crippen LogP contribution in [0, 0.1) is 0 Å². The van der Waals surface area contributed by atoms with Crippen LogP contribution in [0.5, 0.6) is 0 Å². The van der Waals surface area contributed by atoms with Crippen molar-refractivity contribution in [3.8, 4) is 39.1 Å². The van der Waals surface area contributed by atoms with Crippen LogP contribution in [-0.4, -0.2) is 10.6 Å². The van der Waals surface area contributed by atoms with Gasteiger partial charge in [-0.2, -0.15) is 0 Å². The number of para-hydroxylation sites is 1. The Balaban J connectivity index is 0.985. The summed E-state index contributed by atoms with van der Waals surface area (Å²) in [4.78, 5) is 2.59. The minimum atomic E-state index is 0.244. The third-order valence-electron chi connectivity index (χ3n) is 11.8. The molecule has 0 saturated heterocycles. The molecule has 54 heavy (non-hydrogen) atoms. The van der Waals surface area contributed by atoms with Crippen LogP contribution in [0.4, 0.5) is 11.4 Å². The molecule has 1 unspecified atom stereocenters. The zero-order chi connectivity index (χ0) is 35.6. The Hall–Kier alpha value is -6.64. The fourth-order valence-electron chi connectivity index (χ4n) is 9.21. The van der Waals surface area contributed by atoms with Crippen LogP contribution in [0.25, 0.3) is 67.6 Å². The van der Waals surface area contributed by atoms with Crippen molar-refractivity contribution in [2.45, 2.75) is 25.3 Å². The Morgan fingerprint density at radius 1 is 0.500 bits per heavy atom. The minimum absolute atomic E-state index is 0.244. The maximum atomic E-state index is 2.59. The molecule has 0 bridgehead atoms. The highest BCUT2D eigenvalue weighted by Gasteiger charge is 2.38. The van der Waals surface area contributed by atoms with Crippen LogP contribution in [0.2, 0.25) is 0 Å². The molecule has 2 heterocycles. The lowest BCUT2D eigenvalue weighted by Crippen LogP contribution is -2.41. The highest BCUT2D eigenvalue weighted by Crippen LogP contribution is 2.46. The molecule has 3 aliphatic rings. The second kappa shape index (κ2) is 12.5. The lowest BCUT2D eigenvalue weighted by molar-refractivity contribution is 0.836. The number of fused-ring (bicyclic) bond motifs is 7. The largest absolute Gasteiger partial charge is 0.333 e. The van der Waals surface area contributed by atoms with Gasteiger partial charge in [-0.1, -0.05) is 146 Å². The molecular weight excluding hydrogens is 653 g/mol. The summed E-state index contributed by atoms with van der Waals surface area (Å²) in [5, 5.41) is 5.32. The summed E-state index contributed by atoms with van der Waals surface area (Å²) in [6.07, 6.45) is 10.3. The maximum Gasteiger partial charge on any atom is 0.0640 e. The Morgan fingerprint density at radius 2 is 1.09 bits per heavy atom. The molecule has 2 heteroatoms. The van der Waals surface area contributed by atoms with E-state index < -0.39 is 0 Å². The summed E-state index contributed by atoms with van der Waals surface area (Å²) in [6, 6.07) is 62.6. The molecule has 2 nitrogen and oxygen atoms in total. The third kappa shape index (κ3) is 4.94. The van der Waals surface area contributed by atoms with Crippen molar-refractivity contribution in [2.24, 2.45) is 0 Å². The van der Waals surface area contributed by atoms with Gasteiger partial charge in [0.25, 0.3) is 0 Å². The molecule has 8 aromatic rings. The predicted molar refractivity (Wildman–Crippen MR) is 227 cm³/mol. The topological polar surface area (TPSA) is 8.17 Å². The van der Waals surface area contributed by atoms with E-state index in [2.05, 4.69) is 198 Å². The number of aromatic nitrogens is 1. The zero-order valence-electron chi connectivity index (χ0n) is 30.0. The van der Waals surface area contributed by atoms with Crippen molar-refractivity contribution in [3.63, 3.8) is 0 Å². The summed E-state index contributed by atoms with van der Waals surface area (Å²) in [7, 11) is 0. The monoisotopic (exact) mass is 690 g/mol. The van der Waals surface area contributed by atoms with Crippen molar-refractivity contribution < 1.29 is 0 Å². The molecule has 0 N–H and O–H groups in total. The Labute approximate surface area is 315 Å². The first-order valence-corrected chi connectivity index (χ1v) is 19.2. The summed E-state index contributed by atoms with van der Waals surface area (Å²) >= 11 is 0. The summed E-state index contributed by atoms with van der Waals surface area (Å²) in [6.45, 7) is 0. The first-order valence-electron chi connectivity index (χ1n) is 19.2. The third-order valence-corrected chi connectivity index (χ3v) is 11.8. The van der Waals surface area contributed by atoms with Gasteiger partial charge in [0.05, 0.1) is 11.4 Å². The van der Waals surface area contributed by atoms with Gasteiger partial charge in [-0.15, -0.1) is 0 Å². The first kappa shape index (κ1) is 30.9. The fourth-order valence-corrected chi connectivity index (χ4v) is 9.21. The molecule has 0 saturated carbocycles. The molecule has 0 amide bonds. The SMILES string of the molecule is C1=Cc2c(c3c(n2-c2ccc(-c4ccc(-c5ccccc5)cc4)cc2)=CCC2C=3c3ccccc3N2c2ccc(-c3ccc4ccccc4c3)cc2)CC1. The normalized spacial score (nSPS) is 15.4. The van der Waals surface area contributed by atoms with Gasteiger partial charge < -0.3 is 9.47 Å². The second-order valence-electron chi connectivity index (χ2n) is 14.8. The van der Waals surface area contributed by atoms with Crippen LogP contribution in [0.15, 0.2) is 176 Å². The standard InChI is InChI=1S/C52H38N2/c1-2-10-35(11-3-1)37-18-20-38(21-19-37)39-24-28-43(29-25-39)53-47-16-8-6-14-45(47)51-49(53)32-33-50-52(51)46-15-7-9-17-48(46)54(50)44-30-26-40(27-31-44)42-23-22-36-12-4-5-13-41(36)34-42/h1-5,7-13,15-32,34,50H,6,14,33H2.